The Bertz CT molecular complexity index is 1700. The highest BCUT2D eigenvalue weighted by Gasteiger charge is 2.33. The van der Waals surface area contributed by atoms with E-state index in [4.69, 9.17) is 0 Å². The van der Waals surface area contributed by atoms with Gasteiger partial charge in [0.15, 0.2) is 11.0 Å². The number of urea groups is 1. The number of amidine groups is 1. The smallest absolute Gasteiger partial charge is 0.378 e. The number of thioether (sulfide) groups is 2. The number of nitrogens with zero attached hydrogens (tertiary/aromatic N) is 6. The maximum atomic E-state index is 12.9. The monoisotopic (exact) mass is 639 g/mol. The molecule has 228 valence electrons. The first kappa shape index (κ1) is 31.1. The Morgan fingerprint density at radius 2 is 1.77 bits per heavy atom. The van der Waals surface area contributed by atoms with Gasteiger partial charge in [-0.1, -0.05) is 31.7 Å². The van der Waals surface area contributed by atoms with Crippen molar-refractivity contribution in [3.63, 3.8) is 0 Å². The Hall–Kier alpha value is -4.30. The molecule has 1 N–H and O–H groups in total. The Morgan fingerprint density at radius 3 is 2.41 bits per heavy atom. The number of aliphatic imine (C=N–C) groups is 1. The van der Waals surface area contributed by atoms with Gasteiger partial charge in [-0.25, -0.2) is 14.5 Å². The average Bonchev–Trinajstić information content (AvgIpc) is 3.59. The van der Waals surface area contributed by atoms with E-state index in [0.29, 0.717) is 33.6 Å². The van der Waals surface area contributed by atoms with Gasteiger partial charge in [-0.05, 0) is 83.9 Å². The van der Waals surface area contributed by atoms with Gasteiger partial charge in [-0.2, -0.15) is 18.2 Å². The van der Waals surface area contributed by atoms with Crippen molar-refractivity contribution in [2.45, 2.75) is 30.2 Å². The van der Waals surface area contributed by atoms with Crippen LogP contribution in [-0.2, 0) is 4.79 Å². The average molecular weight is 640 g/mol. The molecule has 0 bridgehead atoms. The molecule has 3 amide bonds. The molecule has 0 atom stereocenters. The molecule has 0 radical (unpaired) electrons. The lowest BCUT2D eigenvalue weighted by atomic mass is 9.99. The number of carbonyl (C=O) groups is 2. The number of nitrogens with one attached hydrogen (secondary N) is 1. The van der Waals surface area contributed by atoms with Crippen LogP contribution in [0.4, 0.5) is 35.0 Å². The lowest BCUT2D eigenvalue weighted by Gasteiger charge is -2.24. The van der Waals surface area contributed by atoms with Gasteiger partial charge in [0.1, 0.15) is 6.33 Å². The zero-order valence-electron chi connectivity index (χ0n) is 24.2. The number of carbonyl (C=O) groups excluding carboxylic acids is 2. The van der Waals surface area contributed by atoms with E-state index >= 15 is 0 Å². The lowest BCUT2D eigenvalue weighted by Crippen LogP contribution is -2.31. The van der Waals surface area contributed by atoms with Crippen LogP contribution < -0.4 is 15.1 Å². The molecule has 4 aromatic rings. The van der Waals surface area contributed by atoms with Crippen LogP contribution in [0.2, 0.25) is 0 Å². The summed E-state index contributed by atoms with van der Waals surface area (Å²) in [4.78, 5) is 37.9. The van der Waals surface area contributed by atoms with Crippen molar-refractivity contribution in [1.29, 1.82) is 0 Å². The molecule has 1 fully saturated rings. The molecule has 0 aliphatic carbocycles. The second-order valence-electron chi connectivity index (χ2n) is 10.3. The zero-order valence-corrected chi connectivity index (χ0v) is 25.8. The highest BCUT2D eigenvalue weighted by Crippen LogP contribution is 2.37. The van der Waals surface area contributed by atoms with Gasteiger partial charge in [0.25, 0.3) is 0 Å². The Labute approximate surface area is 260 Å². The van der Waals surface area contributed by atoms with Crippen LogP contribution in [0, 0.1) is 0 Å². The number of rotatable bonds is 7. The third kappa shape index (κ3) is 7.25. The van der Waals surface area contributed by atoms with E-state index in [1.165, 1.54) is 51.9 Å². The number of aromatic nitrogens is 3. The second kappa shape index (κ2) is 12.7. The molecule has 1 aromatic heterocycles. The number of amides is 3. The van der Waals surface area contributed by atoms with Crippen molar-refractivity contribution >= 4 is 57.7 Å². The van der Waals surface area contributed by atoms with Crippen molar-refractivity contribution in [3.8, 4) is 17.1 Å². The largest absolute Gasteiger partial charge is 0.446 e. The summed E-state index contributed by atoms with van der Waals surface area (Å²) >= 11 is 1.03. The fraction of sp³-hybridized carbons (Fsp3) is 0.233. The minimum atomic E-state index is -4.36. The van der Waals surface area contributed by atoms with Crippen molar-refractivity contribution in [3.05, 3.63) is 78.6 Å². The lowest BCUT2D eigenvalue weighted by molar-refractivity contribution is -0.115. The van der Waals surface area contributed by atoms with E-state index in [9.17, 15) is 22.8 Å². The van der Waals surface area contributed by atoms with Gasteiger partial charge >= 0.3 is 11.5 Å². The number of benzene rings is 3. The summed E-state index contributed by atoms with van der Waals surface area (Å²) in [6.45, 7) is 4.10. The van der Waals surface area contributed by atoms with E-state index in [-0.39, 0.29) is 34.2 Å². The van der Waals surface area contributed by atoms with Gasteiger partial charge in [0.2, 0.25) is 5.91 Å². The number of halogens is 3. The Kier molecular flexibility index (Phi) is 9.02. The van der Waals surface area contributed by atoms with Crippen LogP contribution in [-0.4, -0.2) is 57.2 Å². The van der Waals surface area contributed by atoms with Crippen molar-refractivity contribution in [2.75, 3.05) is 35.0 Å². The van der Waals surface area contributed by atoms with E-state index < -0.39 is 11.5 Å². The zero-order chi connectivity index (χ0) is 31.6. The van der Waals surface area contributed by atoms with E-state index in [2.05, 4.69) is 20.4 Å². The molecule has 14 heteroatoms. The SMILES string of the molecule is CC(C)c1ccc(N(C)C)cc1N1C(=O)CS/C1=N\C(=O)Nc1ccc(-c2ncn(-c3ccc(SC(F)(F)F)cc3)n2)cc1. The minimum absolute atomic E-state index is 0.0778. The van der Waals surface area contributed by atoms with E-state index in [1.54, 1.807) is 24.3 Å². The van der Waals surface area contributed by atoms with Crippen LogP contribution in [0.5, 0.6) is 0 Å². The van der Waals surface area contributed by atoms with Crippen LogP contribution in [0.1, 0.15) is 25.3 Å². The minimum Gasteiger partial charge on any atom is -0.378 e. The Morgan fingerprint density at radius 1 is 1.07 bits per heavy atom. The number of hydrogen-bond donors (Lipinski definition) is 1. The first-order chi connectivity index (χ1) is 20.9. The summed E-state index contributed by atoms with van der Waals surface area (Å²) in [6.07, 6.45) is 1.47. The topological polar surface area (TPSA) is 95.7 Å². The summed E-state index contributed by atoms with van der Waals surface area (Å²) in [6, 6.07) is 17.9. The van der Waals surface area contributed by atoms with Crippen molar-refractivity contribution in [2.24, 2.45) is 4.99 Å². The van der Waals surface area contributed by atoms with Gasteiger partial charge in [0, 0.05) is 35.9 Å². The maximum Gasteiger partial charge on any atom is 0.446 e. The number of hydrogen-bond acceptors (Lipinski definition) is 7. The number of anilines is 3. The van der Waals surface area contributed by atoms with Gasteiger partial charge in [-0.3, -0.25) is 9.69 Å². The standard InChI is InChI=1S/C30H28F3N7O2S2/c1-18(2)24-14-11-22(38(3)4)15-25(24)40-26(41)16-43-29(40)36-28(42)35-20-7-5-19(6-8-20)27-34-17-39(37-27)21-9-12-23(13-10-21)44-30(31,32)33/h5-15,17-18H,16H2,1-4H3,(H,35,42)/b36-29-. The third-order valence-corrected chi connectivity index (χ3v) is 8.24. The molecule has 0 spiro atoms. The summed E-state index contributed by atoms with van der Waals surface area (Å²) in [7, 11) is 3.85. The summed E-state index contributed by atoms with van der Waals surface area (Å²) < 4.78 is 39.3. The summed E-state index contributed by atoms with van der Waals surface area (Å²) in [5, 5.41) is 7.47. The molecule has 1 saturated heterocycles. The predicted molar refractivity (Wildman–Crippen MR) is 170 cm³/mol. The molecule has 44 heavy (non-hydrogen) atoms. The van der Waals surface area contributed by atoms with Crippen molar-refractivity contribution < 1.29 is 22.8 Å². The fourth-order valence-corrected chi connectivity index (χ4v) is 5.83. The molecule has 1 aliphatic rings. The first-order valence-corrected chi connectivity index (χ1v) is 15.2. The highest BCUT2D eigenvalue weighted by molar-refractivity contribution is 8.15. The maximum absolute atomic E-state index is 12.9. The summed E-state index contributed by atoms with van der Waals surface area (Å²) in [5.74, 6) is 0.582. The third-order valence-electron chi connectivity index (χ3n) is 6.58. The molecule has 9 nitrogen and oxygen atoms in total. The molecule has 0 saturated carbocycles. The van der Waals surface area contributed by atoms with E-state index in [1.807, 2.05) is 51.0 Å². The second-order valence-corrected chi connectivity index (χ2v) is 12.3. The normalized spacial score (nSPS) is 14.5. The summed E-state index contributed by atoms with van der Waals surface area (Å²) in [5.41, 5.74) is -0.0320. The highest BCUT2D eigenvalue weighted by atomic mass is 32.2. The fourth-order valence-electron chi connectivity index (χ4n) is 4.44. The molecule has 3 aromatic carbocycles. The van der Waals surface area contributed by atoms with Crippen LogP contribution >= 0.6 is 23.5 Å². The predicted octanol–water partition coefficient (Wildman–Crippen LogP) is 7.40. The van der Waals surface area contributed by atoms with E-state index in [0.717, 1.165) is 11.3 Å². The quantitative estimate of drug-likeness (QED) is 0.211. The van der Waals surface area contributed by atoms with Crippen LogP contribution in [0.3, 0.4) is 0 Å². The molecule has 2 heterocycles. The molecule has 5 rings (SSSR count). The molecule has 0 unspecified atom stereocenters. The molecular weight excluding hydrogens is 612 g/mol. The van der Waals surface area contributed by atoms with Crippen LogP contribution in [0.15, 0.2) is 82.9 Å². The van der Waals surface area contributed by atoms with Crippen LogP contribution in [0.25, 0.3) is 17.1 Å². The molecular formula is C30H28F3N7O2S2. The van der Waals surface area contributed by atoms with Gasteiger partial charge in [0.05, 0.1) is 17.1 Å². The van der Waals surface area contributed by atoms with Crippen molar-refractivity contribution in [1.82, 2.24) is 14.8 Å². The molecule has 1 aliphatic heterocycles. The number of alkyl halides is 3. The van der Waals surface area contributed by atoms with Gasteiger partial charge < -0.3 is 10.2 Å². The first-order valence-electron chi connectivity index (χ1n) is 13.4. The Balaban J connectivity index is 1.29. The van der Waals surface area contributed by atoms with Gasteiger partial charge in [-0.15, -0.1) is 5.10 Å².